The van der Waals surface area contributed by atoms with Gasteiger partial charge in [-0.1, -0.05) is 12.1 Å². The summed E-state index contributed by atoms with van der Waals surface area (Å²) < 4.78 is 0. The Labute approximate surface area is 115 Å². The van der Waals surface area contributed by atoms with Crippen LogP contribution in [-0.2, 0) is 0 Å². The van der Waals surface area contributed by atoms with Crippen molar-refractivity contribution >= 4 is 33.2 Å². The van der Waals surface area contributed by atoms with Gasteiger partial charge in [0.1, 0.15) is 5.52 Å². The third kappa shape index (κ3) is 1.89. The molecule has 2 aromatic carbocycles. The number of fused-ring (bicyclic) bond motifs is 2. The summed E-state index contributed by atoms with van der Waals surface area (Å²) in [6.07, 6.45) is 0. The summed E-state index contributed by atoms with van der Waals surface area (Å²) in [4.78, 5) is 35.6. The van der Waals surface area contributed by atoms with Crippen molar-refractivity contribution in [3.8, 4) is 0 Å². The fourth-order valence-corrected chi connectivity index (χ4v) is 2.24. The van der Waals surface area contributed by atoms with E-state index in [1.807, 2.05) is 0 Å². The monoisotopic (exact) mass is 285 g/mol. The van der Waals surface area contributed by atoms with Gasteiger partial charge in [-0.25, -0.2) is 0 Å². The molecule has 0 aliphatic heterocycles. The standard InChI is InChI=1S/C13H7N3O5/c17-13-8-3-1-2-4-10(8)14-12-9(13)5-7(15(18)19)6-11(12)16(20)21/h1-6H,(H,14,17). The van der Waals surface area contributed by atoms with Crippen LogP contribution in [-0.4, -0.2) is 14.8 Å². The predicted octanol–water partition coefficient (Wildman–Crippen LogP) is 2.50. The third-order valence-corrected chi connectivity index (χ3v) is 3.19. The van der Waals surface area contributed by atoms with Crippen LogP contribution in [0.4, 0.5) is 11.4 Å². The molecule has 1 N–H and O–H groups in total. The molecule has 0 aliphatic rings. The van der Waals surface area contributed by atoms with E-state index in [4.69, 9.17) is 0 Å². The zero-order valence-corrected chi connectivity index (χ0v) is 10.4. The number of hydrogen-bond donors (Lipinski definition) is 1. The van der Waals surface area contributed by atoms with Crippen molar-refractivity contribution in [2.45, 2.75) is 0 Å². The van der Waals surface area contributed by atoms with Crippen LogP contribution < -0.4 is 5.43 Å². The largest absolute Gasteiger partial charge is 0.349 e. The number of non-ortho nitro benzene ring substituents is 2. The molecule has 8 nitrogen and oxygen atoms in total. The van der Waals surface area contributed by atoms with Crippen LogP contribution in [0, 0.1) is 20.2 Å². The number of rotatable bonds is 2. The average molecular weight is 285 g/mol. The van der Waals surface area contributed by atoms with Crippen LogP contribution in [0.1, 0.15) is 0 Å². The van der Waals surface area contributed by atoms with Gasteiger partial charge in [0.25, 0.3) is 11.4 Å². The first-order chi connectivity index (χ1) is 9.99. The minimum Gasteiger partial charge on any atom is -0.349 e. The molecule has 21 heavy (non-hydrogen) atoms. The highest BCUT2D eigenvalue weighted by molar-refractivity contribution is 5.97. The van der Waals surface area contributed by atoms with Crippen LogP contribution in [0.15, 0.2) is 41.2 Å². The van der Waals surface area contributed by atoms with Gasteiger partial charge in [-0.2, -0.15) is 0 Å². The third-order valence-electron chi connectivity index (χ3n) is 3.19. The van der Waals surface area contributed by atoms with E-state index in [2.05, 4.69) is 4.98 Å². The van der Waals surface area contributed by atoms with E-state index in [0.29, 0.717) is 10.9 Å². The quantitative estimate of drug-likeness (QED) is 0.440. The molecule has 3 aromatic rings. The van der Waals surface area contributed by atoms with E-state index in [1.54, 1.807) is 24.3 Å². The molecule has 1 heterocycles. The maximum absolute atomic E-state index is 12.4. The topological polar surface area (TPSA) is 119 Å². The van der Waals surface area contributed by atoms with Gasteiger partial charge in [0.2, 0.25) is 0 Å². The Morgan fingerprint density at radius 2 is 1.67 bits per heavy atom. The normalized spacial score (nSPS) is 10.9. The van der Waals surface area contributed by atoms with Crippen molar-refractivity contribution in [1.82, 2.24) is 4.98 Å². The van der Waals surface area contributed by atoms with Gasteiger partial charge >= 0.3 is 0 Å². The van der Waals surface area contributed by atoms with E-state index in [1.165, 1.54) is 0 Å². The van der Waals surface area contributed by atoms with E-state index in [-0.39, 0.29) is 10.9 Å². The minimum atomic E-state index is -0.763. The molecule has 0 unspecified atom stereocenters. The second kappa shape index (κ2) is 4.37. The molecule has 0 spiro atoms. The van der Waals surface area contributed by atoms with Gasteiger partial charge in [0, 0.05) is 17.0 Å². The molecule has 8 heteroatoms. The summed E-state index contributed by atoms with van der Waals surface area (Å²) in [5.41, 5.74) is -1.05. The number of hydrogen-bond acceptors (Lipinski definition) is 5. The van der Waals surface area contributed by atoms with Crippen LogP contribution in [0.2, 0.25) is 0 Å². The Bertz CT molecular complexity index is 977. The Morgan fingerprint density at radius 3 is 2.33 bits per heavy atom. The second-order valence-corrected chi connectivity index (χ2v) is 4.40. The van der Waals surface area contributed by atoms with E-state index < -0.39 is 26.7 Å². The molecule has 3 rings (SSSR count). The number of nitrogens with one attached hydrogen (secondary N) is 1. The molecule has 0 amide bonds. The molecule has 1 aromatic heterocycles. The summed E-state index contributed by atoms with van der Waals surface area (Å²) in [5.74, 6) is 0. The fraction of sp³-hybridized carbons (Fsp3) is 0. The summed E-state index contributed by atoms with van der Waals surface area (Å²) in [6.45, 7) is 0. The van der Waals surface area contributed by atoms with Crippen molar-refractivity contribution in [1.29, 1.82) is 0 Å². The number of nitro groups is 2. The molecular formula is C13H7N3O5. The lowest BCUT2D eigenvalue weighted by Gasteiger charge is -2.03. The molecular weight excluding hydrogens is 278 g/mol. The van der Waals surface area contributed by atoms with Crippen LogP contribution in [0.5, 0.6) is 0 Å². The number of H-pyrrole nitrogens is 1. The van der Waals surface area contributed by atoms with Gasteiger partial charge in [-0.05, 0) is 12.1 Å². The van der Waals surface area contributed by atoms with Crippen molar-refractivity contribution in [3.05, 3.63) is 66.9 Å². The van der Waals surface area contributed by atoms with E-state index >= 15 is 0 Å². The first-order valence-corrected chi connectivity index (χ1v) is 5.86. The predicted molar refractivity (Wildman–Crippen MR) is 75.4 cm³/mol. The molecule has 0 aliphatic carbocycles. The second-order valence-electron chi connectivity index (χ2n) is 4.40. The maximum atomic E-state index is 12.4. The van der Waals surface area contributed by atoms with Gasteiger partial charge in [0.05, 0.1) is 21.3 Å². The Kier molecular flexibility index (Phi) is 2.65. The summed E-state index contributed by atoms with van der Waals surface area (Å²) in [6, 6.07) is 8.39. The Balaban J connectivity index is 2.58. The van der Waals surface area contributed by atoms with Crippen LogP contribution in [0.25, 0.3) is 21.8 Å². The smallest absolute Gasteiger partial charge is 0.300 e. The van der Waals surface area contributed by atoms with E-state index in [0.717, 1.165) is 12.1 Å². The highest BCUT2D eigenvalue weighted by Crippen LogP contribution is 2.29. The summed E-state index contributed by atoms with van der Waals surface area (Å²) >= 11 is 0. The van der Waals surface area contributed by atoms with Crippen molar-refractivity contribution in [3.63, 3.8) is 0 Å². The highest BCUT2D eigenvalue weighted by atomic mass is 16.6. The Hall–Kier alpha value is -3.29. The van der Waals surface area contributed by atoms with Gasteiger partial charge in [-0.3, -0.25) is 25.0 Å². The molecule has 0 fully saturated rings. The molecule has 0 bridgehead atoms. The lowest BCUT2D eigenvalue weighted by Crippen LogP contribution is -2.06. The average Bonchev–Trinajstić information content (AvgIpc) is 2.46. The lowest BCUT2D eigenvalue weighted by molar-refractivity contribution is -0.393. The van der Waals surface area contributed by atoms with Gasteiger partial charge in [0.15, 0.2) is 5.43 Å². The van der Waals surface area contributed by atoms with Crippen molar-refractivity contribution in [2.75, 3.05) is 0 Å². The molecule has 0 radical (unpaired) electrons. The zero-order chi connectivity index (χ0) is 15.1. The number of aromatic amines is 1. The minimum absolute atomic E-state index is 0.0192. The summed E-state index contributed by atoms with van der Waals surface area (Å²) in [5, 5.41) is 22.2. The fourth-order valence-electron chi connectivity index (χ4n) is 2.24. The molecule has 104 valence electrons. The molecule has 0 saturated heterocycles. The van der Waals surface area contributed by atoms with Gasteiger partial charge in [-0.15, -0.1) is 0 Å². The number of nitrogens with zero attached hydrogens (tertiary/aromatic N) is 2. The van der Waals surface area contributed by atoms with Crippen molar-refractivity contribution in [2.24, 2.45) is 0 Å². The van der Waals surface area contributed by atoms with Crippen molar-refractivity contribution < 1.29 is 9.85 Å². The SMILES string of the molecule is O=c1c2ccccc2[nH]c2c([N+](=O)[O-])cc([N+](=O)[O-])cc12. The lowest BCUT2D eigenvalue weighted by atomic mass is 10.1. The molecule has 0 saturated carbocycles. The van der Waals surface area contributed by atoms with Crippen LogP contribution in [0.3, 0.4) is 0 Å². The first-order valence-electron chi connectivity index (χ1n) is 5.86. The number of pyridine rings is 1. The highest BCUT2D eigenvalue weighted by Gasteiger charge is 2.22. The number of para-hydroxylation sites is 1. The zero-order valence-electron chi connectivity index (χ0n) is 10.4. The number of benzene rings is 2. The number of nitro benzene ring substituents is 2. The first kappa shape index (κ1) is 12.7. The number of aromatic nitrogens is 1. The molecule has 0 atom stereocenters. The Morgan fingerprint density at radius 1 is 0.952 bits per heavy atom. The maximum Gasteiger partial charge on any atom is 0.300 e. The summed E-state index contributed by atoms with van der Waals surface area (Å²) in [7, 11) is 0. The van der Waals surface area contributed by atoms with E-state index in [9.17, 15) is 25.0 Å². The van der Waals surface area contributed by atoms with Crippen LogP contribution >= 0.6 is 0 Å². The van der Waals surface area contributed by atoms with Gasteiger partial charge < -0.3 is 4.98 Å².